The Morgan fingerprint density at radius 2 is 1.60 bits per heavy atom. The predicted molar refractivity (Wildman–Crippen MR) is 128 cm³/mol. The SMILES string of the molecule is Cc1ccc(C/C(=C2\Sc3ccccc3N2C)c2ccc3ccccc3[n+]2C)cc1. The van der Waals surface area contributed by atoms with Gasteiger partial charge in [0.25, 0.3) is 0 Å². The van der Waals surface area contributed by atoms with Crippen LogP contribution in [0.1, 0.15) is 16.8 Å². The van der Waals surface area contributed by atoms with E-state index < -0.39 is 0 Å². The average molecular weight is 410 g/mol. The second-order valence-electron chi connectivity index (χ2n) is 7.91. The number of anilines is 1. The second kappa shape index (κ2) is 7.66. The third kappa shape index (κ3) is 3.29. The topological polar surface area (TPSA) is 7.12 Å². The number of rotatable bonds is 3. The molecule has 2 heterocycles. The molecule has 2 nitrogen and oxygen atoms in total. The minimum absolute atomic E-state index is 0.896. The highest BCUT2D eigenvalue weighted by Crippen LogP contribution is 2.48. The maximum atomic E-state index is 2.35. The second-order valence-corrected chi connectivity index (χ2v) is 8.94. The minimum Gasteiger partial charge on any atom is -0.338 e. The molecule has 0 amide bonds. The van der Waals surface area contributed by atoms with E-state index in [4.69, 9.17) is 0 Å². The molecule has 30 heavy (non-hydrogen) atoms. The number of hydrogen-bond acceptors (Lipinski definition) is 2. The van der Waals surface area contributed by atoms with Crippen molar-refractivity contribution in [3.63, 3.8) is 0 Å². The van der Waals surface area contributed by atoms with Crippen LogP contribution in [0.2, 0.25) is 0 Å². The smallest absolute Gasteiger partial charge is 0.212 e. The number of allylic oxidation sites excluding steroid dienone is 1. The summed E-state index contributed by atoms with van der Waals surface area (Å²) in [6.07, 6.45) is 0.896. The van der Waals surface area contributed by atoms with Crippen molar-refractivity contribution in [2.45, 2.75) is 18.2 Å². The molecule has 0 N–H and O–H groups in total. The van der Waals surface area contributed by atoms with Gasteiger partial charge in [0.2, 0.25) is 11.2 Å². The Kier molecular flexibility index (Phi) is 4.84. The van der Waals surface area contributed by atoms with Crippen molar-refractivity contribution in [3.05, 3.63) is 107 Å². The quantitative estimate of drug-likeness (QED) is 0.376. The van der Waals surface area contributed by atoms with Crippen LogP contribution in [0, 0.1) is 6.92 Å². The monoisotopic (exact) mass is 409 g/mol. The summed E-state index contributed by atoms with van der Waals surface area (Å²) in [6, 6.07) is 30.7. The summed E-state index contributed by atoms with van der Waals surface area (Å²) in [4.78, 5) is 3.67. The molecule has 3 aromatic carbocycles. The van der Waals surface area contributed by atoms with Gasteiger partial charge in [-0.25, -0.2) is 0 Å². The summed E-state index contributed by atoms with van der Waals surface area (Å²) in [6.45, 7) is 2.14. The van der Waals surface area contributed by atoms with Crippen molar-refractivity contribution in [3.8, 4) is 0 Å². The van der Waals surface area contributed by atoms with E-state index in [-0.39, 0.29) is 0 Å². The molecule has 1 aromatic heterocycles. The first-order valence-corrected chi connectivity index (χ1v) is 11.1. The van der Waals surface area contributed by atoms with Crippen molar-refractivity contribution < 1.29 is 4.57 Å². The molecule has 0 unspecified atom stereocenters. The third-order valence-corrected chi connectivity index (χ3v) is 7.17. The van der Waals surface area contributed by atoms with Crippen LogP contribution in [0.15, 0.2) is 94.9 Å². The number of benzene rings is 3. The molecule has 0 saturated carbocycles. The number of fused-ring (bicyclic) bond motifs is 2. The molecule has 0 fully saturated rings. The van der Waals surface area contributed by atoms with Crippen molar-refractivity contribution >= 4 is 33.9 Å². The van der Waals surface area contributed by atoms with E-state index in [1.807, 2.05) is 11.8 Å². The van der Waals surface area contributed by atoms with Gasteiger partial charge in [0.1, 0.15) is 7.05 Å². The van der Waals surface area contributed by atoms with E-state index in [1.54, 1.807) is 0 Å². The summed E-state index contributed by atoms with van der Waals surface area (Å²) in [7, 11) is 4.37. The lowest BCUT2D eigenvalue weighted by Crippen LogP contribution is -2.35. The van der Waals surface area contributed by atoms with Gasteiger partial charge < -0.3 is 4.90 Å². The lowest BCUT2D eigenvalue weighted by molar-refractivity contribution is -0.647. The zero-order valence-corrected chi connectivity index (χ0v) is 18.4. The molecule has 3 heteroatoms. The maximum absolute atomic E-state index is 2.35. The fourth-order valence-electron chi connectivity index (χ4n) is 4.20. The van der Waals surface area contributed by atoms with Gasteiger partial charge in [0.15, 0.2) is 0 Å². The fourth-order valence-corrected chi connectivity index (χ4v) is 5.40. The predicted octanol–water partition coefficient (Wildman–Crippen LogP) is 6.13. The number of pyridine rings is 1. The van der Waals surface area contributed by atoms with Gasteiger partial charge in [-0.2, -0.15) is 4.57 Å². The molecule has 4 aromatic rings. The molecular weight excluding hydrogens is 384 g/mol. The Morgan fingerprint density at radius 1 is 0.867 bits per heavy atom. The molecule has 1 aliphatic rings. The van der Waals surface area contributed by atoms with Crippen LogP contribution in [0.4, 0.5) is 5.69 Å². The molecule has 0 bridgehead atoms. The van der Waals surface area contributed by atoms with Crippen molar-refractivity contribution in [1.82, 2.24) is 0 Å². The number of hydrogen-bond donors (Lipinski definition) is 0. The molecular formula is C27H25N2S+. The van der Waals surface area contributed by atoms with Crippen molar-refractivity contribution in [2.75, 3.05) is 11.9 Å². The Labute approximate surface area is 182 Å². The molecule has 0 saturated heterocycles. The fraction of sp³-hybridized carbons (Fsp3) is 0.148. The summed E-state index contributed by atoms with van der Waals surface area (Å²) in [5, 5.41) is 2.57. The van der Waals surface area contributed by atoms with Gasteiger partial charge >= 0.3 is 0 Å². The molecule has 148 valence electrons. The van der Waals surface area contributed by atoms with Crippen LogP contribution in [-0.2, 0) is 13.5 Å². The molecule has 1 aliphatic heterocycles. The first-order chi connectivity index (χ1) is 14.6. The standard InChI is InChI=1S/C27H25N2S/c1-19-12-14-20(15-13-19)18-22(27-29(3)25-10-6-7-11-26(25)30-27)24-17-16-21-8-4-5-9-23(21)28(24)2/h4-17H,18H2,1-3H3/q+1. The van der Waals surface area contributed by atoms with Gasteiger partial charge in [-0.1, -0.05) is 65.9 Å². The van der Waals surface area contributed by atoms with Gasteiger partial charge in [0, 0.05) is 35.9 Å². The zero-order valence-electron chi connectivity index (χ0n) is 17.6. The highest BCUT2D eigenvalue weighted by atomic mass is 32.2. The molecule has 0 aliphatic carbocycles. The Balaban J connectivity index is 1.70. The first kappa shape index (κ1) is 19.0. The van der Waals surface area contributed by atoms with Crippen LogP contribution >= 0.6 is 11.8 Å². The lowest BCUT2D eigenvalue weighted by atomic mass is 10.00. The van der Waals surface area contributed by atoms with Gasteiger partial charge in [-0.3, -0.25) is 0 Å². The summed E-state index contributed by atoms with van der Waals surface area (Å²) >= 11 is 1.88. The summed E-state index contributed by atoms with van der Waals surface area (Å²) < 4.78 is 2.34. The molecule has 0 spiro atoms. The van der Waals surface area contributed by atoms with Crippen LogP contribution in [0.25, 0.3) is 16.5 Å². The Bertz CT molecular complexity index is 1270. The van der Waals surface area contributed by atoms with E-state index in [0.717, 1.165) is 6.42 Å². The maximum Gasteiger partial charge on any atom is 0.212 e. The summed E-state index contributed by atoms with van der Waals surface area (Å²) in [5.41, 5.74) is 7.78. The van der Waals surface area contributed by atoms with E-state index in [1.165, 1.54) is 48.9 Å². The van der Waals surface area contributed by atoms with E-state index >= 15 is 0 Å². The number of aromatic nitrogens is 1. The average Bonchev–Trinajstić information content (AvgIpc) is 3.11. The van der Waals surface area contributed by atoms with Crippen molar-refractivity contribution in [2.24, 2.45) is 7.05 Å². The molecule has 0 radical (unpaired) electrons. The largest absolute Gasteiger partial charge is 0.338 e. The Hall–Kier alpha value is -3.04. The van der Waals surface area contributed by atoms with Gasteiger partial charge in [-0.05, 0) is 36.8 Å². The van der Waals surface area contributed by atoms with Crippen molar-refractivity contribution in [1.29, 1.82) is 0 Å². The zero-order chi connectivity index (χ0) is 20.7. The Morgan fingerprint density at radius 3 is 2.40 bits per heavy atom. The van der Waals surface area contributed by atoms with Crippen LogP contribution in [0.5, 0.6) is 0 Å². The lowest BCUT2D eigenvalue weighted by Gasteiger charge is -2.18. The highest BCUT2D eigenvalue weighted by molar-refractivity contribution is 8.04. The van der Waals surface area contributed by atoms with Gasteiger partial charge in [-0.15, -0.1) is 0 Å². The molecule has 0 atom stereocenters. The number of aryl methyl sites for hydroxylation is 2. The van der Waals surface area contributed by atoms with E-state index in [9.17, 15) is 0 Å². The van der Waals surface area contributed by atoms with Crippen LogP contribution in [-0.4, -0.2) is 7.05 Å². The normalized spacial score (nSPS) is 14.8. The third-order valence-electron chi connectivity index (χ3n) is 5.89. The minimum atomic E-state index is 0.896. The van der Waals surface area contributed by atoms with Crippen LogP contribution < -0.4 is 9.47 Å². The van der Waals surface area contributed by atoms with Crippen LogP contribution in [0.3, 0.4) is 0 Å². The van der Waals surface area contributed by atoms with Gasteiger partial charge in [0.05, 0.1) is 16.3 Å². The molecule has 5 rings (SSSR count). The number of thioether (sulfide) groups is 1. The highest BCUT2D eigenvalue weighted by Gasteiger charge is 2.29. The number of nitrogens with zero attached hydrogens (tertiary/aromatic N) is 2. The summed E-state index contributed by atoms with van der Waals surface area (Å²) in [5.74, 6) is 0. The number of para-hydroxylation sites is 2. The van der Waals surface area contributed by atoms with E-state index in [0.29, 0.717) is 0 Å². The first-order valence-electron chi connectivity index (χ1n) is 10.3. The van der Waals surface area contributed by atoms with E-state index in [2.05, 4.69) is 115 Å².